The van der Waals surface area contributed by atoms with Crippen LogP contribution in [0.15, 0.2) is 12.4 Å². The second-order valence-corrected chi connectivity index (χ2v) is 4.25. The van der Waals surface area contributed by atoms with Gasteiger partial charge in [-0.3, -0.25) is 0 Å². The molecule has 2 aromatic rings. The van der Waals surface area contributed by atoms with E-state index >= 15 is 0 Å². The van der Waals surface area contributed by atoms with Crippen LogP contribution in [0.5, 0.6) is 0 Å². The zero-order valence-corrected chi connectivity index (χ0v) is 10.1. The van der Waals surface area contributed by atoms with Gasteiger partial charge in [-0.05, 0) is 19.3 Å². The summed E-state index contributed by atoms with van der Waals surface area (Å²) in [6.07, 6.45) is 2.28. The number of anilines is 1. The normalized spacial score (nSPS) is 12.9. The summed E-state index contributed by atoms with van der Waals surface area (Å²) in [5.74, 6) is 1.89. The molecular formula is C11H17N5O. The summed E-state index contributed by atoms with van der Waals surface area (Å²) < 4.78 is 1.68. The molecule has 6 nitrogen and oxygen atoms in total. The van der Waals surface area contributed by atoms with Gasteiger partial charge in [-0.15, -0.1) is 0 Å². The van der Waals surface area contributed by atoms with Crippen molar-refractivity contribution in [1.29, 1.82) is 0 Å². The molecule has 0 aliphatic heterocycles. The van der Waals surface area contributed by atoms with Crippen LogP contribution in [-0.4, -0.2) is 37.8 Å². The molecule has 0 bridgehead atoms. The minimum atomic E-state index is 0.219. The number of aromatic nitrogens is 4. The molecule has 2 N–H and O–H groups in total. The molecule has 92 valence electrons. The molecule has 2 heterocycles. The van der Waals surface area contributed by atoms with E-state index in [4.69, 9.17) is 5.11 Å². The largest absolute Gasteiger partial charge is 0.396 e. The Morgan fingerprint density at radius 1 is 1.53 bits per heavy atom. The van der Waals surface area contributed by atoms with Crippen molar-refractivity contribution in [2.75, 3.05) is 18.5 Å². The number of aliphatic hydroxyl groups is 1. The number of fused-ring (bicyclic) bond motifs is 1. The quantitative estimate of drug-likeness (QED) is 0.804. The van der Waals surface area contributed by atoms with Gasteiger partial charge in [-0.2, -0.15) is 14.6 Å². The monoisotopic (exact) mass is 235 g/mol. The lowest BCUT2D eigenvalue weighted by molar-refractivity contribution is 0.266. The number of aryl methyl sites for hydroxylation is 1. The molecule has 1 unspecified atom stereocenters. The van der Waals surface area contributed by atoms with Gasteiger partial charge in [-0.1, -0.05) is 6.92 Å². The molecule has 6 heteroatoms. The van der Waals surface area contributed by atoms with Gasteiger partial charge in [0.2, 0.25) is 0 Å². The third-order valence-electron chi connectivity index (χ3n) is 2.63. The minimum absolute atomic E-state index is 0.219. The van der Waals surface area contributed by atoms with Gasteiger partial charge in [0.15, 0.2) is 0 Å². The molecule has 0 aliphatic rings. The first kappa shape index (κ1) is 11.8. The Labute approximate surface area is 99.7 Å². The third kappa shape index (κ3) is 2.71. The summed E-state index contributed by atoms with van der Waals surface area (Å²) in [7, 11) is 0. The first-order valence-electron chi connectivity index (χ1n) is 5.73. The lowest BCUT2D eigenvalue weighted by Gasteiger charge is -2.13. The highest BCUT2D eigenvalue weighted by atomic mass is 16.3. The van der Waals surface area contributed by atoms with E-state index < -0.39 is 0 Å². The van der Waals surface area contributed by atoms with Crippen molar-refractivity contribution in [3.05, 3.63) is 18.1 Å². The van der Waals surface area contributed by atoms with Gasteiger partial charge < -0.3 is 10.4 Å². The average molecular weight is 235 g/mol. The Balaban J connectivity index is 2.14. The smallest absolute Gasteiger partial charge is 0.254 e. The molecule has 2 aromatic heterocycles. The van der Waals surface area contributed by atoms with E-state index in [2.05, 4.69) is 27.3 Å². The van der Waals surface area contributed by atoms with Gasteiger partial charge >= 0.3 is 0 Å². The zero-order valence-electron chi connectivity index (χ0n) is 10.1. The maximum atomic E-state index is 8.85. The van der Waals surface area contributed by atoms with E-state index in [0.29, 0.717) is 11.7 Å². The van der Waals surface area contributed by atoms with E-state index in [0.717, 1.165) is 24.5 Å². The zero-order chi connectivity index (χ0) is 12.3. The lowest BCUT2D eigenvalue weighted by atomic mass is 10.1. The summed E-state index contributed by atoms with van der Waals surface area (Å²) >= 11 is 0. The number of hydrogen-bond acceptors (Lipinski definition) is 5. The Morgan fingerprint density at radius 3 is 3.12 bits per heavy atom. The Morgan fingerprint density at radius 2 is 2.35 bits per heavy atom. The molecule has 0 aromatic carbocycles. The topological polar surface area (TPSA) is 75.3 Å². The van der Waals surface area contributed by atoms with Gasteiger partial charge in [0, 0.05) is 24.9 Å². The highest BCUT2D eigenvalue weighted by Crippen LogP contribution is 2.11. The van der Waals surface area contributed by atoms with Crippen molar-refractivity contribution in [3.63, 3.8) is 0 Å². The molecular weight excluding hydrogens is 218 g/mol. The molecule has 0 aliphatic carbocycles. The number of aliphatic hydroxyl groups excluding tert-OH is 1. The molecule has 17 heavy (non-hydrogen) atoms. The Bertz CT molecular complexity index is 496. The van der Waals surface area contributed by atoms with E-state index in [1.165, 1.54) is 6.33 Å². The fourth-order valence-electron chi connectivity index (χ4n) is 1.66. The van der Waals surface area contributed by atoms with Gasteiger partial charge in [0.1, 0.15) is 12.1 Å². The minimum Gasteiger partial charge on any atom is -0.396 e. The second-order valence-electron chi connectivity index (χ2n) is 4.25. The highest BCUT2D eigenvalue weighted by Gasteiger charge is 2.06. The van der Waals surface area contributed by atoms with Crippen molar-refractivity contribution < 1.29 is 5.11 Å². The first-order valence-corrected chi connectivity index (χ1v) is 5.73. The maximum absolute atomic E-state index is 8.85. The van der Waals surface area contributed by atoms with E-state index in [1.807, 2.05) is 13.0 Å². The van der Waals surface area contributed by atoms with E-state index in [-0.39, 0.29) is 6.61 Å². The number of nitrogens with one attached hydrogen (secondary N) is 1. The van der Waals surface area contributed by atoms with Gasteiger partial charge in [-0.25, -0.2) is 4.98 Å². The molecule has 0 fully saturated rings. The number of rotatable bonds is 5. The van der Waals surface area contributed by atoms with Crippen molar-refractivity contribution in [2.24, 2.45) is 5.92 Å². The molecule has 0 saturated carbocycles. The van der Waals surface area contributed by atoms with Crippen LogP contribution in [0.2, 0.25) is 0 Å². The van der Waals surface area contributed by atoms with Crippen LogP contribution in [0, 0.1) is 12.8 Å². The Hall–Kier alpha value is -1.69. The molecule has 1 atom stereocenters. The molecule has 0 amide bonds. The number of hydrogen-bond donors (Lipinski definition) is 2. The predicted octanol–water partition coefficient (Wildman–Crippen LogP) is 0.863. The summed E-state index contributed by atoms with van der Waals surface area (Å²) in [6, 6.07) is 1.94. The Kier molecular flexibility index (Phi) is 3.53. The van der Waals surface area contributed by atoms with Crippen LogP contribution < -0.4 is 5.32 Å². The summed E-state index contributed by atoms with van der Waals surface area (Å²) in [4.78, 5) is 8.33. The summed E-state index contributed by atoms with van der Waals surface area (Å²) in [6.45, 7) is 5.03. The fraction of sp³-hybridized carbons (Fsp3) is 0.545. The van der Waals surface area contributed by atoms with Crippen molar-refractivity contribution in [1.82, 2.24) is 19.6 Å². The van der Waals surface area contributed by atoms with E-state index in [1.54, 1.807) is 4.52 Å². The van der Waals surface area contributed by atoms with Crippen molar-refractivity contribution in [3.8, 4) is 0 Å². The lowest BCUT2D eigenvalue weighted by Crippen LogP contribution is -2.15. The molecule has 0 radical (unpaired) electrons. The first-order chi connectivity index (χ1) is 8.20. The molecule has 2 rings (SSSR count). The molecule has 0 spiro atoms. The van der Waals surface area contributed by atoms with Crippen LogP contribution in [0.3, 0.4) is 0 Å². The summed E-state index contributed by atoms with van der Waals surface area (Å²) in [5.41, 5.74) is 0.905. The van der Waals surface area contributed by atoms with Crippen LogP contribution in [-0.2, 0) is 0 Å². The fourth-order valence-corrected chi connectivity index (χ4v) is 1.66. The molecule has 0 saturated heterocycles. The van der Waals surface area contributed by atoms with Crippen LogP contribution in [0.4, 0.5) is 5.82 Å². The van der Waals surface area contributed by atoms with Gasteiger partial charge in [0.25, 0.3) is 5.78 Å². The van der Waals surface area contributed by atoms with Gasteiger partial charge in [0.05, 0.1) is 0 Å². The second kappa shape index (κ2) is 5.09. The summed E-state index contributed by atoms with van der Waals surface area (Å²) in [5, 5.41) is 16.3. The van der Waals surface area contributed by atoms with Crippen LogP contribution in [0.1, 0.15) is 19.0 Å². The predicted molar refractivity (Wildman–Crippen MR) is 64.9 cm³/mol. The highest BCUT2D eigenvalue weighted by molar-refractivity contribution is 5.44. The SMILES string of the molecule is Cc1cc(NCC(C)CCO)n2ncnc2n1. The van der Waals surface area contributed by atoms with Crippen molar-refractivity contribution >= 4 is 11.6 Å². The standard InChI is InChI=1S/C11H17N5O/c1-8(3-4-17)6-12-10-5-9(2)15-11-13-7-14-16(10)11/h5,7-8,12,17H,3-4,6H2,1-2H3. The number of nitrogens with zero attached hydrogens (tertiary/aromatic N) is 4. The van der Waals surface area contributed by atoms with E-state index in [9.17, 15) is 0 Å². The van der Waals surface area contributed by atoms with Crippen LogP contribution >= 0.6 is 0 Å². The van der Waals surface area contributed by atoms with Crippen LogP contribution in [0.25, 0.3) is 5.78 Å². The third-order valence-corrected chi connectivity index (χ3v) is 2.63. The average Bonchev–Trinajstić information content (AvgIpc) is 2.74. The maximum Gasteiger partial charge on any atom is 0.254 e. The van der Waals surface area contributed by atoms with Crippen molar-refractivity contribution in [2.45, 2.75) is 20.3 Å².